The Bertz CT molecular complexity index is 790. The fourth-order valence-electron chi connectivity index (χ4n) is 2.30. The van der Waals surface area contributed by atoms with E-state index in [1.807, 2.05) is 32.9 Å². The Labute approximate surface area is 155 Å². The van der Waals surface area contributed by atoms with Crippen LogP contribution in [-0.2, 0) is 6.18 Å². The summed E-state index contributed by atoms with van der Waals surface area (Å²) in [6.07, 6.45) is -4.52. The van der Waals surface area contributed by atoms with Crippen molar-refractivity contribution in [3.8, 4) is 0 Å². The summed E-state index contributed by atoms with van der Waals surface area (Å²) in [5.41, 5.74) is 2.72. The molecule has 0 aliphatic heterocycles. The molecule has 0 aliphatic carbocycles. The maximum Gasteiger partial charge on any atom is 0.417 e. The number of aryl methyl sites for hydroxylation is 2. The van der Waals surface area contributed by atoms with E-state index in [1.54, 1.807) is 0 Å². The van der Waals surface area contributed by atoms with Crippen molar-refractivity contribution in [1.82, 2.24) is 5.32 Å². The van der Waals surface area contributed by atoms with Gasteiger partial charge in [-0.3, -0.25) is 0 Å². The number of anilines is 1. The quantitative estimate of drug-likeness (QED) is 0.630. The van der Waals surface area contributed by atoms with Gasteiger partial charge in [-0.25, -0.2) is 0 Å². The number of rotatable bonds is 3. The van der Waals surface area contributed by atoms with Crippen LogP contribution in [0.15, 0.2) is 36.4 Å². The van der Waals surface area contributed by atoms with Gasteiger partial charge in [0.15, 0.2) is 5.11 Å². The first-order chi connectivity index (χ1) is 11.6. The highest BCUT2D eigenvalue weighted by molar-refractivity contribution is 7.80. The van der Waals surface area contributed by atoms with E-state index < -0.39 is 11.7 Å². The van der Waals surface area contributed by atoms with Gasteiger partial charge in [-0.2, -0.15) is 13.2 Å². The number of nitrogens with one attached hydrogen (secondary N) is 2. The van der Waals surface area contributed by atoms with Crippen molar-refractivity contribution in [2.75, 3.05) is 5.32 Å². The Balaban J connectivity index is 2.08. The van der Waals surface area contributed by atoms with Crippen LogP contribution in [0.3, 0.4) is 0 Å². The van der Waals surface area contributed by atoms with Crippen LogP contribution >= 0.6 is 23.8 Å². The maximum atomic E-state index is 12.9. The Morgan fingerprint density at radius 1 is 1.08 bits per heavy atom. The lowest BCUT2D eigenvalue weighted by molar-refractivity contribution is -0.137. The molecule has 25 heavy (non-hydrogen) atoms. The Hall–Kier alpha value is -1.79. The lowest BCUT2D eigenvalue weighted by Crippen LogP contribution is -2.31. The summed E-state index contributed by atoms with van der Waals surface area (Å²) in [4.78, 5) is 0. The second-order valence-corrected chi connectivity index (χ2v) is 6.67. The van der Waals surface area contributed by atoms with E-state index in [-0.39, 0.29) is 21.9 Å². The molecule has 2 N–H and O–H groups in total. The fourth-order valence-corrected chi connectivity index (χ4v) is 2.82. The second-order valence-electron chi connectivity index (χ2n) is 5.86. The summed E-state index contributed by atoms with van der Waals surface area (Å²) < 4.78 is 38.7. The smallest absolute Gasteiger partial charge is 0.356 e. The minimum Gasteiger partial charge on any atom is -0.356 e. The number of thiocarbonyl (C=S) groups is 1. The highest BCUT2D eigenvalue weighted by Gasteiger charge is 2.33. The first kappa shape index (κ1) is 19.5. The molecule has 1 atom stereocenters. The summed E-state index contributed by atoms with van der Waals surface area (Å²) in [7, 11) is 0. The molecule has 0 saturated carbocycles. The van der Waals surface area contributed by atoms with Gasteiger partial charge < -0.3 is 10.6 Å². The molecule has 0 radical (unpaired) electrons. The lowest BCUT2D eigenvalue weighted by Gasteiger charge is -2.19. The van der Waals surface area contributed by atoms with Crippen LogP contribution in [0, 0.1) is 13.8 Å². The zero-order valence-electron chi connectivity index (χ0n) is 14.0. The van der Waals surface area contributed by atoms with E-state index in [0.717, 1.165) is 17.2 Å². The van der Waals surface area contributed by atoms with Gasteiger partial charge in [0.1, 0.15) is 0 Å². The topological polar surface area (TPSA) is 24.1 Å². The predicted molar refractivity (Wildman–Crippen MR) is 100 cm³/mol. The monoisotopic (exact) mass is 386 g/mol. The van der Waals surface area contributed by atoms with Crippen LogP contribution in [0.5, 0.6) is 0 Å². The summed E-state index contributed by atoms with van der Waals surface area (Å²) in [5.74, 6) is 0. The van der Waals surface area contributed by atoms with E-state index in [2.05, 4.69) is 16.7 Å². The van der Waals surface area contributed by atoms with Gasteiger partial charge in [0, 0.05) is 5.69 Å². The van der Waals surface area contributed by atoms with E-state index in [4.69, 9.17) is 23.8 Å². The molecular weight excluding hydrogens is 369 g/mol. The number of hydrogen-bond acceptors (Lipinski definition) is 1. The molecule has 2 nitrogen and oxygen atoms in total. The second kappa shape index (κ2) is 7.62. The minimum atomic E-state index is -4.52. The van der Waals surface area contributed by atoms with E-state index >= 15 is 0 Å². The maximum absolute atomic E-state index is 12.9. The molecule has 2 aromatic rings. The van der Waals surface area contributed by atoms with Crippen LogP contribution in [-0.4, -0.2) is 5.11 Å². The molecule has 0 aromatic heterocycles. The highest BCUT2D eigenvalue weighted by atomic mass is 35.5. The normalized spacial score (nSPS) is 12.6. The van der Waals surface area contributed by atoms with Crippen molar-refractivity contribution in [1.29, 1.82) is 0 Å². The summed E-state index contributed by atoms with van der Waals surface area (Å²) in [6, 6.07) is 9.57. The molecule has 2 aromatic carbocycles. The van der Waals surface area contributed by atoms with E-state index in [1.165, 1.54) is 17.7 Å². The molecular formula is C18H18ClF3N2S. The van der Waals surface area contributed by atoms with E-state index in [9.17, 15) is 13.2 Å². The molecule has 134 valence electrons. The van der Waals surface area contributed by atoms with Crippen LogP contribution in [0.25, 0.3) is 0 Å². The molecule has 2 rings (SSSR count). The average Bonchev–Trinajstić information content (AvgIpc) is 2.50. The van der Waals surface area contributed by atoms with Gasteiger partial charge in [-0.05, 0) is 67.9 Å². The van der Waals surface area contributed by atoms with Crippen LogP contribution in [0.2, 0.25) is 5.02 Å². The molecule has 0 fully saturated rings. The van der Waals surface area contributed by atoms with Crippen molar-refractivity contribution >= 4 is 34.6 Å². The van der Waals surface area contributed by atoms with Gasteiger partial charge in [-0.15, -0.1) is 0 Å². The van der Waals surface area contributed by atoms with Crippen molar-refractivity contribution in [3.05, 3.63) is 63.7 Å². The molecule has 0 saturated heterocycles. The third-order valence-corrected chi connectivity index (χ3v) is 4.46. The van der Waals surface area contributed by atoms with Gasteiger partial charge in [0.25, 0.3) is 0 Å². The largest absolute Gasteiger partial charge is 0.417 e. The average molecular weight is 387 g/mol. The first-order valence-corrected chi connectivity index (χ1v) is 8.38. The zero-order chi connectivity index (χ0) is 18.8. The molecule has 0 heterocycles. The van der Waals surface area contributed by atoms with Crippen LogP contribution in [0.4, 0.5) is 18.9 Å². The number of hydrogen-bond donors (Lipinski definition) is 2. The standard InChI is InChI=1S/C18H18ClF3N2S/c1-10-4-5-13(8-11(10)2)12(3)23-17(25)24-14-6-7-16(19)15(9-14)18(20,21)22/h4-9,12H,1-3H3,(H2,23,24,25). The summed E-state index contributed by atoms with van der Waals surface area (Å²) in [5, 5.41) is 5.73. The van der Waals surface area contributed by atoms with Gasteiger partial charge in [0.05, 0.1) is 16.6 Å². The molecule has 0 bridgehead atoms. The van der Waals surface area contributed by atoms with Crippen LogP contribution in [0.1, 0.15) is 35.2 Å². The minimum absolute atomic E-state index is 0.0892. The molecule has 0 aliphatic rings. The molecule has 1 unspecified atom stereocenters. The third kappa shape index (κ3) is 5.09. The molecule has 0 spiro atoms. The van der Waals surface area contributed by atoms with Crippen LogP contribution < -0.4 is 10.6 Å². The lowest BCUT2D eigenvalue weighted by atomic mass is 10.0. The van der Waals surface area contributed by atoms with Crippen molar-refractivity contribution in [2.45, 2.75) is 33.0 Å². The Morgan fingerprint density at radius 3 is 2.36 bits per heavy atom. The van der Waals surface area contributed by atoms with Gasteiger partial charge in [-0.1, -0.05) is 29.8 Å². The Morgan fingerprint density at radius 2 is 1.76 bits per heavy atom. The van der Waals surface area contributed by atoms with Gasteiger partial charge >= 0.3 is 6.18 Å². The third-order valence-electron chi connectivity index (χ3n) is 3.91. The predicted octanol–water partition coefficient (Wildman–Crippen LogP) is 6.02. The number of alkyl halides is 3. The van der Waals surface area contributed by atoms with E-state index in [0.29, 0.717) is 0 Å². The van der Waals surface area contributed by atoms with Crippen molar-refractivity contribution in [2.24, 2.45) is 0 Å². The van der Waals surface area contributed by atoms with Gasteiger partial charge in [0.2, 0.25) is 0 Å². The Kier molecular flexibility index (Phi) is 5.95. The number of halogens is 4. The first-order valence-electron chi connectivity index (χ1n) is 7.59. The molecule has 0 amide bonds. The summed E-state index contributed by atoms with van der Waals surface area (Å²) >= 11 is 10.8. The number of benzene rings is 2. The van der Waals surface area contributed by atoms with Crippen molar-refractivity contribution in [3.63, 3.8) is 0 Å². The molecule has 7 heteroatoms. The summed E-state index contributed by atoms with van der Waals surface area (Å²) in [6.45, 7) is 5.98. The SMILES string of the molecule is Cc1ccc(C(C)NC(=S)Nc2ccc(Cl)c(C(F)(F)F)c2)cc1C. The van der Waals surface area contributed by atoms with Crippen molar-refractivity contribution < 1.29 is 13.2 Å². The zero-order valence-corrected chi connectivity index (χ0v) is 15.5. The fraction of sp³-hybridized carbons (Fsp3) is 0.278. The highest BCUT2D eigenvalue weighted by Crippen LogP contribution is 2.36.